The summed E-state index contributed by atoms with van der Waals surface area (Å²) < 4.78 is 15.4. The summed E-state index contributed by atoms with van der Waals surface area (Å²) in [5, 5.41) is 19.4. The number of aromatic carboxylic acids is 1. The largest absolute Gasteiger partial charge is 0.507 e. The van der Waals surface area contributed by atoms with E-state index < -0.39 is 11.8 Å². The summed E-state index contributed by atoms with van der Waals surface area (Å²) in [4.78, 5) is 26.4. The van der Waals surface area contributed by atoms with Crippen LogP contribution in [0.3, 0.4) is 0 Å². The SMILES string of the molecule is CCCCc1ccc(-c2ccc(CN(C(=O)CCC3CCCC3)c3ccc(O)c(C(=O)O)c3)c(F)c2)cc1. The predicted octanol–water partition coefficient (Wildman–Crippen LogP) is 7.74. The highest BCUT2D eigenvalue weighted by Crippen LogP contribution is 2.31. The fourth-order valence-corrected chi connectivity index (χ4v) is 5.22. The molecule has 1 saturated carbocycles. The average molecular weight is 518 g/mol. The van der Waals surface area contributed by atoms with E-state index in [0.29, 0.717) is 23.6 Å². The van der Waals surface area contributed by atoms with Crippen molar-refractivity contribution >= 4 is 17.6 Å². The zero-order valence-electron chi connectivity index (χ0n) is 22.0. The highest BCUT2D eigenvalue weighted by Gasteiger charge is 2.23. The lowest BCUT2D eigenvalue weighted by molar-refractivity contribution is -0.119. The Bertz CT molecular complexity index is 1260. The van der Waals surface area contributed by atoms with Crippen LogP contribution in [-0.4, -0.2) is 22.1 Å². The van der Waals surface area contributed by atoms with Gasteiger partial charge in [-0.3, -0.25) is 4.79 Å². The number of aryl methyl sites for hydroxylation is 1. The highest BCUT2D eigenvalue weighted by atomic mass is 19.1. The zero-order valence-corrected chi connectivity index (χ0v) is 22.0. The number of aromatic hydroxyl groups is 1. The molecule has 0 radical (unpaired) electrons. The van der Waals surface area contributed by atoms with Crippen molar-refractivity contribution in [2.24, 2.45) is 5.92 Å². The third-order valence-electron chi connectivity index (χ3n) is 7.55. The van der Waals surface area contributed by atoms with E-state index >= 15 is 4.39 Å². The molecule has 6 heteroatoms. The molecule has 0 spiro atoms. The molecule has 200 valence electrons. The monoisotopic (exact) mass is 517 g/mol. The summed E-state index contributed by atoms with van der Waals surface area (Å²) in [6.07, 6.45) is 8.95. The van der Waals surface area contributed by atoms with Gasteiger partial charge in [0.25, 0.3) is 0 Å². The molecule has 0 atom stereocenters. The number of carboxylic acid groups (broad SMARTS) is 1. The van der Waals surface area contributed by atoms with Gasteiger partial charge in [-0.1, -0.05) is 75.4 Å². The third-order valence-corrected chi connectivity index (χ3v) is 7.55. The number of rotatable bonds is 11. The summed E-state index contributed by atoms with van der Waals surface area (Å²) in [6, 6.07) is 17.2. The number of phenols is 1. The summed E-state index contributed by atoms with van der Waals surface area (Å²) in [5.41, 5.74) is 3.30. The lowest BCUT2D eigenvalue weighted by atomic mass is 9.99. The molecule has 0 unspecified atom stereocenters. The minimum atomic E-state index is -1.29. The van der Waals surface area contributed by atoms with Crippen LogP contribution in [0.5, 0.6) is 5.75 Å². The van der Waals surface area contributed by atoms with E-state index in [0.717, 1.165) is 49.7 Å². The molecule has 1 aliphatic carbocycles. The zero-order chi connectivity index (χ0) is 27.1. The molecular weight excluding hydrogens is 481 g/mol. The number of amides is 1. The molecule has 38 heavy (non-hydrogen) atoms. The molecule has 0 heterocycles. The van der Waals surface area contributed by atoms with Crippen LogP contribution < -0.4 is 4.90 Å². The number of carboxylic acids is 1. The normalized spacial score (nSPS) is 13.5. The Labute approximate surface area is 223 Å². The Morgan fingerprint density at radius 1 is 0.974 bits per heavy atom. The Balaban J connectivity index is 1.57. The second-order valence-electron chi connectivity index (χ2n) is 10.3. The molecule has 0 saturated heterocycles. The molecular formula is C32H36FNO4. The maximum Gasteiger partial charge on any atom is 0.339 e. The minimum absolute atomic E-state index is 0.0323. The molecule has 0 aromatic heterocycles. The number of carbonyl (C=O) groups is 2. The standard InChI is InChI=1S/C32H36FNO4/c1-2-3-6-23-9-12-24(13-10-23)25-14-15-26(29(33)19-25)21-34(31(36)18-11-22-7-4-5-8-22)27-16-17-30(35)28(20-27)32(37)38/h9-10,12-17,19-20,22,35H,2-8,11,18,21H2,1H3,(H,37,38). The Hall–Kier alpha value is -3.67. The molecule has 5 nitrogen and oxygen atoms in total. The van der Waals surface area contributed by atoms with Crippen molar-refractivity contribution < 1.29 is 24.2 Å². The molecule has 3 aromatic rings. The van der Waals surface area contributed by atoms with Gasteiger partial charge in [-0.15, -0.1) is 0 Å². The number of carbonyl (C=O) groups excluding carboxylic acids is 1. The van der Waals surface area contributed by atoms with Gasteiger partial charge in [0.05, 0.1) is 6.54 Å². The van der Waals surface area contributed by atoms with Gasteiger partial charge < -0.3 is 15.1 Å². The molecule has 3 aromatic carbocycles. The van der Waals surface area contributed by atoms with E-state index in [1.807, 2.05) is 18.2 Å². The van der Waals surface area contributed by atoms with Crippen LogP contribution in [0.2, 0.25) is 0 Å². The van der Waals surface area contributed by atoms with E-state index in [9.17, 15) is 19.8 Å². The maximum absolute atomic E-state index is 15.4. The molecule has 0 aliphatic heterocycles. The second-order valence-corrected chi connectivity index (χ2v) is 10.3. The lowest BCUT2D eigenvalue weighted by Gasteiger charge is -2.25. The topological polar surface area (TPSA) is 77.8 Å². The van der Waals surface area contributed by atoms with Gasteiger partial charge in [-0.05, 0) is 66.1 Å². The van der Waals surface area contributed by atoms with Gasteiger partial charge in [0.1, 0.15) is 17.1 Å². The first kappa shape index (κ1) is 27.4. The third kappa shape index (κ3) is 6.80. The molecule has 0 bridgehead atoms. The van der Waals surface area contributed by atoms with Gasteiger partial charge in [-0.2, -0.15) is 0 Å². The average Bonchev–Trinajstić information content (AvgIpc) is 3.44. The van der Waals surface area contributed by atoms with Crippen molar-refractivity contribution in [3.63, 3.8) is 0 Å². The fourth-order valence-electron chi connectivity index (χ4n) is 5.22. The number of anilines is 1. The molecule has 1 fully saturated rings. The smallest absolute Gasteiger partial charge is 0.339 e. The van der Waals surface area contributed by atoms with Crippen LogP contribution in [-0.2, 0) is 17.8 Å². The summed E-state index contributed by atoms with van der Waals surface area (Å²) >= 11 is 0. The molecule has 2 N–H and O–H groups in total. The summed E-state index contributed by atoms with van der Waals surface area (Å²) in [6.45, 7) is 2.13. The van der Waals surface area contributed by atoms with E-state index in [4.69, 9.17) is 0 Å². The molecule has 4 rings (SSSR count). The van der Waals surface area contributed by atoms with Gasteiger partial charge in [0.2, 0.25) is 5.91 Å². The summed E-state index contributed by atoms with van der Waals surface area (Å²) in [5.74, 6) is -1.78. The second kappa shape index (κ2) is 12.7. The number of unbranched alkanes of at least 4 members (excludes halogenated alkanes) is 1. The Morgan fingerprint density at radius 2 is 1.68 bits per heavy atom. The van der Waals surface area contributed by atoms with Gasteiger partial charge in [0, 0.05) is 17.7 Å². The molecule has 1 amide bonds. The van der Waals surface area contributed by atoms with E-state index in [-0.39, 0.29) is 23.8 Å². The first-order chi connectivity index (χ1) is 18.4. The predicted molar refractivity (Wildman–Crippen MR) is 148 cm³/mol. The first-order valence-corrected chi connectivity index (χ1v) is 13.6. The fraction of sp³-hybridized carbons (Fsp3) is 0.375. The Kier molecular flexibility index (Phi) is 9.16. The van der Waals surface area contributed by atoms with Crippen molar-refractivity contribution in [1.82, 2.24) is 0 Å². The van der Waals surface area contributed by atoms with Gasteiger partial charge in [-0.25, -0.2) is 9.18 Å². The van der Waals surface area contributed by atoms with Crippen LogP contribution in [0.15, 0.2) is 60.7 Å². The van der Waals surface area contributed by atoms with Crippen molar-refractivity contribution in [1.29, 1.82) is 0 Å². The lowest BCUT2D eigenvalue weighted by Crippen LogP contribution is -2.31. The van der Waals surface area contributed by atoms with Crippen LogP contribution in [0.25, 0.3) is 11.1 Å². The number of benzene rings is 3. The van der Waals surface area contributed by atoms with Crippen molar-refractivity contribution in [2.45, 2.75) is 71.3 Å². The van der Waals surface area contributed by atoms with Crippen LogP contribution in [0, 0.1) is 11.7 Å². The number of hydrogen-bond donors (Lipinski definition) is 2. The van der Waals surface area contributed by atoms with Gasteiger partial charge >= 0.3 is 5.97 Å². The van der Waals surface area contributed by atoms with E-state index in [2.05, 4.69) is 19.1 Å². The van der Waals surface area contributed by atoms with Crippen molar-refractivity contribution in [3.8, 4) is 16.9 Å². The van der Waals surface area contributed by atoms with E-state index in [1.54, 1.807) is 6.07 Å². The first-order valence-electron chi connectivity index (χ1n) is 13.6. The minimum Gasteiger partial charge on any atom is -0.507 e. The number of halogens is 1. The van der Waals surface area contributed by atoms with Crippen molar-refractivity contribution in [3.05, 3.63) is 83.2 Å². The van der Waals surface area contributed by atoms with Crippen LogP contribution in [0.4, 0.5) is 10.1 Å². The molecule has 1 aliphatic rings. The number of nitrogens with zero attached hydrogens (tertiary/aromatic N) is 1. The van der Waals surface area contributed by atoms with Crippen LogP contribution in [0.1, 0.15) is 79.8 Å². The summed E-state index contributed by atoms with van der Waals surface area (Å²) in [7, 11) is 0. The van der Waals surface area contributed by atoms with Gasteiger partial charge in [0.15, 0.2) is 0 Å². The van der Waals surface area contributed by atoms with E-state index in [1.165, 1.54) is 47.6 Å². The van der Waals surface area contributed by atoms with Crippen LogP contribution >= 0.6 is 0 Å². The highest BCUT2D eigenvalue weighted by molar-refractivity contribution is 5.97. The quantitative estimate of drug-likeness (QED) is 0.273. The van der Waals surface area contributed by atoms with Crippen molar-refractivity contribution in [2.75, 3.05) is 4.90 Å². The Morgan fingerprint density at radius 3 is 2.34 bits per heavy atom. The number of hydrogen-bond acceptors (Lipinski definition) is 3. The maximum atomic E-state index is 15.4.